The van der Waals surface area contributed by atoms with Crippen molar-refractivity contribution in [3.8, 4) is 0 Å². The van der Waals surface area contributed by atoms with Crippen LogP contribution in [0.2, 0.25) is 0 Å². The molecule has 1 heterocycles. The molecule has 0 aromatic heterocycles. The number of aliphatic hydroxyl groups is 1. The van der Waals surface area contributed by atoms with E-state index in [9.17, 15) is 14.6 Å². The number of rotatable bonds is 9. The van der Waals surface area contributed by atoms with Crippen LogP contribution in [0.15, 0.2) is 12.3 Å². The Bertz CT molecular complexity index is 530. The van der Waals surface area contributed by atoms with E-state index in [2.05, 4.69) is 26.1 Å². The van der Waals surface area contributed by atoms with E-state index in [1.54, 1.807) is 17.2 Å². The summed E-state index contributed by atoms with van der Waals surface area (Å²) in [5, 5.41) is 12.8. The minimum atomic E-state index is -3.72. The third-order valence-corrected chi connectivity index (χ3v) is 5.75. The van der Waals surface area contributed by atoms with Gasteiger partial charge in [-0.3, -0.25) is 9.88 Å². The van der Waals surface area contributed by atoms with Gasteiger partial charge in [-0.25, -0.2) is 0 Å². The van der Waals surface area contributed by atoms with Crippen molar-refractivity contribution in [2.45, 2.75) is 66.5 Å². The smallest absolute Gasteiger partial charge is 0.328 e. The van der Waals surface area contributed by atoms with Gasteiger partial charge < -0.3 is 29.9 Å². The lowest BCUT2D eigenvalue weighted by atomic mass is 9.89. The normalized spacial score (nSPS) is 23.1. The molecule has 160 valence electrons. The van der Waals surface area contributed by atoms with Crippen molar-refractivity contribution in [1.29, 1.82) is 0 Å². The predicted octanol–water partition coefficient (Wildman–Crippen LogP) is 2.04. The summed E-state index contributed by atoms with van der Waals surface area (Å²) in [6.07, 6.45) is 2.98. The van der Waals surface area contributed by atoms with Crippen molar-refractivity contribution < 1.29 is 23.8 Å². The molecule has 1 rings (SSSR count). The summed E-state index contributed by atoms with van der Waals surface area (Å²) in [6.45, 7) is 12.1. The molecular formula is C18H38N3O5P. The summed E-state index contributed by atoms with van der Waals surface area (Å²) >= 11 is 0. The van der Waals surface area contributed by atoms with Crippen LogP contribution in [0, 0.1) is 10.8 Å². The SMILES string of the molecule is CC(C)(C)C[C@H](COP(=O)(O)CC(C)(C)C)O[C@H](CO)N1C=CC(N)NC1. The molecule has 4 atom stereocenters. The number of aliphatic hydroxyl groups excluding tert-OH is 1. The Labute approximate surface area is 163 Å². The highest BCUT2D eigenvalue weighted by molar-refractivity contribution is 7.52. The third kappa shape index (κ3) is 10.6. The minimum absolute atomic E-state index is 0.0118. The van der Waals surface area contributed by atoms with Crippen LogP contribution in [-0.2, 0) is 13.8 Å². The van der Waals surface area contributed by atoms with Crippen LogP contribution in [0.4, 0.5) is 0 Å². The van der Waals surface area contributed by atoms with E-state index in [1.807, 2.05) is 20.8 Å². The molecule has 0 aromatic rings. The molecule has 1 aliphatic heterocycles. The number of nitrogens with zero attached hydrogens (tertiary/aromatic N) is 1. The van der Waals surface area contributed by atoms with E-state index in [4.69, 9.17) is 15.0 Å². The molecule has 0 amide bonds. The van der Waals surface area contributed by atoms with E-state index >= 15 is 0 Å². The van der Waals surface area contributed by atoms with Gasteiger partial charge in [-0.1, -0.05) is 41.5 Å². The molecule has 0 aromatic carbocycles. The Morgan fingerprint density at radius 2 is 1.93 bits per heavy atom. The van der Waals surface area contributed by atoms with Crippen molar-refractivity contribution in [3.63, 3.8) is 0 Å². The molecule has 0 saturated carbocycles. The molecule has 2 unspecified atom stereocenters. The molecule has 0 radical (unpaired) electrons. The lowest BCUT2D eigenvalue weighted by molar-refractivity contribution is -0.128. The standard InChI is InChI=1S/C18H38N3O5P/c1-17(2,3)9-14(11-25-27(23,24)12-18(4,5)6)26-16(10-22)21-8-7-15(19)20-13-21/h7-8,14-16,20,22H,9-13,19H2,1-6H3,(H,23,24)/t14-,15?,16-/m1/s1. The highest BCUT2D eigenvalue weighted by Crippen LogP contribution is 2.47. The van der Waals surface area contributed by atoms with Crippen molar-refractivity contribution in [3.05, 3.63) is 12.3 Å². The highest BCUT2D eigenvalue weighted by atomic mass is 31.2. The number of ether oxygens (including phenoxy) is 1. The average molecular weight is 407 g/mol. The van der Waals surface area contributed by atoms with Crippen molar-refractivity contribution >= 4 is 7.60 Å². The zero-order valence-electron chi connectivity index (χ0n) is 17.5. The van der Waals surface area contributed by atoms with Gasteiger partial charge in [0.1, 0.15) is 0 Å². The molecule has 0 saturated heterocycles. The maximum atomic E-state index is 12.4. The van der Waals surface area contributed by atoms with Crippen LogP contribution in [0.1, 0.15) is 48.0 Å². The maximum absolute atomic E-state index is 12.4. The molecular weight excluding hydrogens is 369 g/mol. The van der Waals surface area contributed by atoms with Gasteiger partial charge in [0.05, 0.1) is 38.3 Å². The Hall–Kier alpha value is -0.470. The van der Waals surface area contributed by atoms with Crippen molar-refractivity contribution in [1.82, 2.24) is 10.2 Å². The first-order valence-electron chi connectivity index (χ1n) is 9.36. The van der Waals surface area contributed by atoms with Gasteiger partial charge in [-0.05, 0) is 23.3 Å². The first kappa shape index (κ1) is 24.6. The molecule has 0 bridgehead atoms. The zero-order valence-corrected chi connectivity index (χ0v) is 18.4. The second-order valence-corrected chi connectivity index (χ2v) is 11.4. The second-order valence-electron chi connectivity index (χ2n) is 9.56. The van der Waals surface area contributed by atoms with Crippen molar-refractivity contribution in [2.24, 2.45) is 16.6 Å². The number of nitrogens with one attached hydrogen (secondary N) is 1. The van der Waals surface area contributed by atoms with E-state index in [-0.39, 0.29) is 36.4 Å². The van der Waals surface area contributed by atoms with E-state index in [0.717, 1.165) is 0 Å². The fourth-order valence-corrected chi connectivity index (χ4v) is 4.54. The van der Waals surface area contributed by atoms with Crippen LogP contribution in [-0.4, -0.2) is 59.4 Å². The highest BCUT2D eigenvalue weighted by Gasteiger charge is 2.31. The summed E-state index contributed by atoms with van der Waals surface area (Å²) in [4.78, 5) is 11.9. The topological polar surface area (TPSA) is 117 Å². The molecule has 9 heteroatoms. The first-order valence-corrected chi connectivity index (χ1v) is 11.1. The van der Waals surface area contributed by atoms with Crippen molar-refractivity contribution in [2.75, 3.05) is 26.0 Å². The van der Waals surface area contributed by atoms with Gasteiger partial charge in [0.25, 0.3) is 0 Å². The molecule has 1 aliphatic rings. The van der Waals surface area contributed by atoms with Gasteiger partial charge in [-0.15, -0.1) is 0 Å². The second kappa shape index (κ2) is 9.83. The van der Waals surface area contributed by atoms with Gasteiger partial charge in [-0.2, -0.15) is 0 Å². The fraction of sp³-hybridized carbons (Fsp3) is 0.889. The summed E-state index contributed by atoms with van der Waals surface area (Å²) in [6, 6.07) is 0. The minimum Gasteiger partial charge on any atom is -0.392 e. The number of hydrogen-bond donors (Lipinski definition) is 4. The van der Waals surface area contributed by atoms with Gasteiger partial charge >= 0.3 is 7.60 Å². The summed E-state index contributed by atoms with van der Waals surface area (Å²) in [5.41, 5.74) is 5.37. The number of nitrogens with two attached hydrogens (primary N) is 1. The van der Waals surface area contributed by atoms with E-state index in [0.29, 0.717) is 13.1 Å². The van der Waals surface area contributed by atoms with Gasteiger partial charge in [0, 0.05) is 6.20 Å². The first-order chi connectivity index (χ1) is 12.2. The molecule has 0 spiro atoms. The van der Waals surface area contributed by atoms with Crippen LogP contribution in [0.3, 0.4) is 0 Å². The maximum Gasteiger partial charge on any atom is 0.328 e. The Kier molecular flexibility index (Phi) is 8.95. The molecule has 27 heavy (non-hydrogen) atoms. The zero-order chi connectivity index (χ0) is 20.9. The molecule has 8 nitrogen and oxygen atoms in total. The molecule has 0 fully saturated rings. The lowest BCUT2D eigenvalue weighted by Gasteiger charge is -2.37. The summed E-state index contributed by atoms with van der Waals surface area (Å²) < 4.78 is 23.8. The van der Waals surface area contributed by atoms with Gasteiger partial charge in [0.2, 0.25) is 0 Å². The van der Waals surface area contributed by atoms with E-state index in [1.165, 1.54) is 0 Å². The number of hydrogen-bond acceptors (Lipinski definition) is 7. The van der Waals surface area contributed by atoms with Crippen LogP contribution in [0.25, 0.3) is 0 Å². The Morgan fingerprint density at radius 1 is 1.30 bits per heavy atom. The predicted molar refractivity (Wildman–Crippen MR) is 107 cm³/mol. The summed E-state index contributed by atoms with van der Waals surface area (Å²) in [7, 11) is -3.72. The van der Waals surface area contributed by atoms with Crippen LogP contribution < -0.4 is 11.1 Å². The van der Waals surface area contributed by atoms with Crippen LogP contribution >= 0.6 is 7.60 Å². The van der Waals surface area contributed by atoms with Gasteiger partial charge in [0.15, 0.2) is 6.23 Å². The average Bonchev–Trinajstić information content (AvgIpc) is 2.47. The monoisotopic (exact) mass is 407 g/mol. The largest absolute Gasteiger partial charge is 0.392 e. The Balaban J connectivity index is 2.78. The lowest BCUT2D eigenvalue weighted by Crippen LogP contribution is -2.51. The Morgan fingerprint density at radius 3 is 2.37 bits per heavy atom. The van der Waals surface area contributed by atoms with E-state index < -0.39 is 19.9 Å². The molecule has 5 N–H and O–H groups in total. The summed E-state index contributed by atoms with van der Waals surface area (Å²) in [5.74, 6) is 0. The van der Waals surface area contributed by atoms with Crippen LogP contribution in [0.5, 0.6) is 0 Å². The molecule has 0 aliphatic carbocycles. The quantitative estimate of drug-likeness (QED) is 0.429. The fourth-order valence-electron chi connectivity index (χ4n) is 2.85. The third-order valence-electron chi connectivity index (χ3n) is 3.85.